The van der Waals surface area contributed by atoms with Gasteiger partial charge in [-0.25, -0.2) is 0 Å². The third-order valence-corrected chi connectivity index (χ3v) is 3.31. The van der Waals surface area contributed by atoms with Gasteiger partial charge >= 0.3 is 0 Å². The minimum atomic E-state index is 0.628. The van der Waals surface area contributed by atoms with Crippen molar-refractivity contribution in [2.75, 3.05) is 13.7 Å². The lowest BCUT2D eigenvalue weighted by Gasteiger charge is -2.10. The monoisotopic (exact) mass is 306 g/mol. The number of hydrogen-bond donors (Lipinski definition) is 0. The number of para-hydroxylation sites is 2. The van der Waals surface area contributed by atoms with Crippen LogP contribution in [0.2, 0.25) is 0 Å². The van der Waals surface area contributed by atoms with Crippen LogP contribution in [0, 0.1) is 0 Å². The first-order chi connectivity index (χ1) is 8.81. The summed E-state index contributed by atoms with van der Waals surface area (Å²) in [6.45, 7) is 0.628. The van der Waals surface area contributed by atoms with Crippen molar-refractivity contribution >= 4 is 15.9 Å². The highest BCUT2D eigenvalue weighted by Crippen LogP contribution is 2.24. The highest BCUT2D eigenvalue weighted by atomic mass is 79.9. The summed E-state index contributed by atoms with van der Waals surface area (Å²) in [5.74, 6) is 1.78. The zero-order valence-corrected chi connectivity index (χ0v) is 11.8. The molecule has 18 heavy (non-hydrogen) atoms. The number of benzene rings is 2. The van der Waals surface area contributed by atoms with E-state index in [9.17, 15) is 0 Å². The van der Waals surface area contributed by atoms with Crippen LogP contribution >= 0.6 is 15.9 Å². The molecule has 0 aliphatic carbocycles. The lowest BCUT2D eigenvalue weighted by Crippen LogP contribution is -2.03. The van der Waals surface area contributed by atoms with E-state index in [1.165, 1.54) is 0 Å². The maximum absolute atomic E-state index is 5.74. The molecule has 94 valence electrons. The molecular formula is C15H15BrO2. The third-order valence-electron chi connectivity index (χ3n) is 2.66. The lowest BCUT2D eigenvalue weighted by molar-refractivity contribution is 0.316. The van der Waals surface area contributed by atoms with Crippen molar-refractivity contribution in [1.29, 1.82) is 0 Å². The number of halogens is 1. The molecule has 0 aliphatic rings. The Kier molecular flexibility index (Phi) is 4.65. The van der Waals surface area contributed by atoms with Gasteiger partial charge in [-0.2, -0.15) is 0 Å². The van der Waals surface area contributed by atoms with E-state index in [-0.39, 0.29) is 0 Å². The molecule has 0 atom stereocenters. The summed E-state index contributed by atoms with van der Waals surface area (Å²) in [6.07, 6.45) is 0.825. The second-order valence-electron chi connectivity index (χ2n) is 3.84. The fourth-order valence-corrected chi connectivity index (χ4v) is 2.14. The van der Waals surface area contributed by atoms with E-state index >= 15 is 0 Å². The summed E-state index contributed by atoms with van der Waals surface area (Å²) >= 11 is 3.46. The predicted molar refractivity (Wildman–Crippen MR) is 76.3 cm³/mol. The van der Waals surface area contributed by atoms with Crippen LogP contribution in [0.25, 0.3) is 0 Å². The molecule has 0 fully saturated rings. The van der Waals surface area contributed by atoms with Crippen LogP contribution in [-0.2, 0) is 6.42 Å². The maximum atomic E-state index is 5.74. The standard InChI is InChI=1S/C15H15BrO2/c1-17-14-8-4-2-6-12(14)10-11-18-15-9-5-3-7-13(15)16/h2-9H,10-11H2,1H3. The van der Waals surface area contributed by atoms with Crippen molar-refractivity contribution in [3.8, 4) is 11.5 Å². The zero-order valence-electron chi connectivity index (χ0n) is 10.2. The quantitative estimate of drug-likeness (QED) is 0.828. The average molecular weight is 307 g/mol. The normalized spacial score (nSPS) is 10.1. The second-order valence-corrected chi connectivity index (χ2v) is 4.70. The van der Waals surface area contributed by atoms with E-state index in [2.05, 4.69) is 22.0 Å². The van der Waals surface area contributed by atoms with Crippen LogP contribution in [-0.4, -0.2) is 13.7 Å². The topological polar surface area (TPSA) is 18.5 Å². The Morgan fingerprint density at radius 1 is 0.944 bits per heavy atom. The van der Waals surface area contributed by atoms with E-state index in [1.807, 2.05) is 42.5 Å². The molecule has 3 heteroatoms. The first-order valence-corrected chi connectivity index (χ1v) is 6.60. The minimum Gasteiger partial charge on any atom is -0.496 e. The van der Waals surface area contributed by atoms with Gasteiger partial charge in [-0.15, -0.1) is 0 Å². The fourth-order valence-electron chi connectivity index (χ4n) is 1.74. The van der Waals surface area contributed by atoms with Gasteiger partial charge in [-0.1, -0.05) is 30.3 Å². The molecule has 0 radical (unpaired) electrons. The van der Waals surface area contributed by atoms with Crippen LogP contribution in [0.3, 0.4) is 0 Å². The molecule has 2 aromatic carbocycles. The lowest BCUT2D eigenvalue weighted by atomic mass is 10.1. The maximum Gasteiger partial charge on any atom is 0.133 e. The summed E-state index contributed by atoms with van der Waals surface area (Å²) < 4.78 is 12.0. The summed E-state index contributed by atoms with van der Waals surface area (Å²) in [5, 5.41) is 0. The Hall–Kier alpha value is -1.48. The first kappa shape index (κ1) is 13.0. The van der Waals surface area contributed by atoms with Crippen LogP contribution in [0.1, 0.15) is 5.56 Å². The molecule has 0 aromatic heterocycles. The van der Waals surface area contributed by atoms with Crippen molar-refractivity contribution in [2.24, 2.45) is 0 Å². The van der Waals surface area contributed by atoms with Gasteiger partial charge in [-0.3, -0.25) is 0 Å². The van der Waals surface area contributed by atoms with E-state index in [1.54, 1.807) is 7.11 Å². The summed E-state index contributed by atoms with van der Waals surface area (Å²) in [5.41, 5.74) is 1.16. The minimum absolute atomic E-state index is 0.628. The molecule has 0 saturated carbocycles. The smallest absolute Gasteiger partial charge is 0.133 e. The third kappa shape index (κ3) is 3.26. The summed E-state index contributed by atoms with van der Waals surface area (Å²) in [4.78, 5) is 0. The van der Waals surface area contributed by atoms with Crippen molar-refractivity contribution in [3.63, 3.8) is 0 Å². The Balaban J connectivity index is 1.95. The number of rotatable bonds is 5. The molecule has 2 aromatic rings. The molecular weight excluding hydrogens is 292 g/mol. The van der Waals surface area contributed by atoms with E-state index in [0.717, 1.165) is 28.0 Å². The highest BCUT2D eigenvalue weighted by molar-refractivity contribution is 9.10. The molecule has 2 rings (SSSR count). The molecule has 2 nitrogen and oxygen atoms in total. The molecule has 0 saturated heterocycles. The molecule has 0 aliphatic heterocycles. The van der Waals surface area contributed by atoms with Gasteiger partial charge in [0.05, 0.1) is 18.2 Å². The van der Waals surface area contributed by atoms with Crippen LogP contribution in [0.15, 0.2) is 53.0 Å². The van der Waals surface area contributed by atoms with Gasteiger partial charge in [0.25, 0.3) is 0 Å². The van der Waals surface area contributed by atoms with Crippen LogP contribution < -0.4 is 9.47 Å². The number of ether oxygens (including phenoxy) is 2. The van der Waals surface area contributed by atoms with E-state index in [4.69, 9.17) is 9.47 Å². The van der Waals surface area contributed by atoms with Gasteiger partial charge < -0.3 is 9.47 Å². The van der Waals surface area contributed by atoms with Crippen molar-refractivity contribution in [2.45, 2.75) is 6.42 Å². The van der Waals surface area contributed by atoms with Crippen molar-refractivity contribution < 1.29 is 9.47 Å². The number of hydrogen-bond acceptors (Lipinski definition) is 2. The van der Waals surface area contributed by atoms with Gasteiger partial charge in [0, 0.05) is 6.42 Å². The zero-order chi connectivity index (χ0) is 12.8. The molecule has 0 amide bonds. The second kappa shape index (κ2) is 6.45. The largest absolute Gasteiger partial charge is 0.496 e. The summed E-state index contributed by atoms with van der Waals surface area (Å²) in [7, 11) is 1.69. The SMILES string of the molecule is COc1ccccc1CCOc1ccccc1Br. The fraction of sp³-hybridized carbons (Fsp3) is 0.200. The van der Waals surface area contributed by atoms with Gasteiger partial charge in [-0.05, 0) is 39.7 Å². The van der Waals surface area contributed by atoms with Crippen molar-refractivity contribution in [3.05, 3.63) is 58.6 Å². The molecule has 0 bridgehead atoms. The summed E-state index contributed by atoms with van der Waals surface area (Å²) in [6, 6.07) is 15.9. The van der Waals surface area contributed by atoms with Gasteiger partial charge in [0.1, 0.15) is 11.5 Å². The Bertz CT molecular complexity index is 511. The molecule has 0 N–H and O–H groups in total. The first-order valence-electron chi connectivity index (χ1n) is 5.80. The van der Waals surface area contributed by atoms with Crippen LogP contribution in [0.4, 0.5) is 0 Å². The Morgan fingerprint density at radius 2 is 1.61 bits per heavy atom. The van der Waals surface area contributed by atoms with Gasteiger partial charge in [0.2, 0.25) is 0 Å². The predicted octanol–water partition coefficient (Wildman–Crippen LogP) is 4.08. The molecule has 0 unspecified atom stereocenters. The molecule has 0 heterocycles. The molecule has 0 spiro atoms. The average Bonchev–Trinajstić information content (AvgIpc) is 2.41. The van der Waals surface area contributed by atoms with Gasteiger partial charge in [0.15, 0.2) is 0 Å². The Morgan fingerprint density at radius 3 is 2.33 bits per heavy atom. The van der Waals surface area contributed by atoms with Crippen LogP contribution in [0.5, 0.6) is 11.5 Å². The van der Waals surface area contributed by atoms with E-state index in [0.29, 0.717) is 6.61 Å². The number of methoxy groups -OCH3 is 1. The van der Waals surface area contributed by atoms with Crippen molar-refractivity contribution in [1.82, 2.24) is 0 Å². The Labute approximate surface area is 116 Å². The highest BCUT2D eigenvalue weighted by Gasteiger charge is 2.03. The van der Waals surface area contributed by atoms with E-state index < -0.39 is 0 Å².